The molecular weight excluding hydrogens is 338 g/mol. The van der Waals surface area contributed by atoms with Crippen LogP contribution in [0.4, 0.5) is 4.79 Å². The highest BCUT2D eigenvalue weighted by Gasteiger charge is 2.52. The summed E-state index contributed by atoms with van der Waals surface area (Å²) in [6.45, 7) is 3.60. The van der Waals surface area contributed by atoms with Crippen molar-refractivity contribution in [3.05, 3.63) is 0 Å². The molecule has 2 aliphatic rings. The number of urea groups is 1. The lowest BCUT2D eigenvalue weighted by atomic mass is 9.75. The molecule has 1 heterocycles. The number of carboxylic acids is 1. The zero-order valence-corrected chi connectivity index (χ0v) is 15.5. The van der Waals surface area contributed by atoms with Gasteiger partial charge in [-0.2, -0.15) is 0 Å². The summed E-state index contributed by atoms with van der Waals surface area (Å²) in [5, 5.41) is 14.4. The average molecular weight is 367 g/mol. The fraction of sp³-hybridized carbons (Fsp3) is 0.778. The second-order valence-electron chi connectivity index (χ2n) is 7.36. The molecule has 3 N–H and O–H groups in total. The van der Waals surface area contributed by atoms with Gasteiger partial charge in [-0.05, 0) is 38.0 Å². The van der Waals surface area contributed by atoms with Crippen LogP contribution in [-0.4, -0.2) is 51.9 Å². The summed E-state index contributed by atoms with van der Waals surface area (Å²) in [7, 11) is 0. The van der Waals surface area contributed by atoms with Crippen molar-refractivity contribution in [2.45, 2.75) is 76.8 Å². The minimum absolute atomic E-state index is 0.320. The van der Waals surface area contributed by atoms with Crippen molar-refractivity contribution in [1.29, 1.82) is 0 Å². The lowest BCUT2D eigenvalue weighted by Gasteiger charge is -2.34. The molecule has 1 aliphatic carbocycles. The number of unbranched alkanes of at least 4 members (excludes halogenated alkanes) is 1. The predicted molar refractivity (Wildman–Crippen MR) is 94.3 cm³/mol. The fourth-order valence-electron chi connectivity index (χ4n) is 3.79. The molecule has 2 fully saturated rings. The highest BCUT2D eigenvalue weighted by atomic mass is 16.4. The van der Waals surface area contributed by atoms with Gasteiger partial charge < -0.3 is 15.7 Å². The smallest absolute Gasteiger partial charge is 0.326 e. The Balaban J connectivity index is 1.96. The Bertz CT molecular complexity index is 569. The average Bonchev–Trinajstić information content (AvgIpc) is 2.83. The summed E-state index contributed by atoms with van der Waals surface area (Å²) in [4.78, 5) is 49.3. The van der Waals surface area contributed by atoms with Gasteiger partial charge in [0.1, 0.15) is 18.1 Å². The molecule has 0 aromatic rings. The maximum absolute atomic E-state index is 12.8. The lowest BCUT2D eigenvalue weighted by molar-refractivity contribution is -0.142. The molecule has 0 radical (unpaired) electrons. The number of carbonyl (C=O) groups is 4. The molecule has 146 valence electrons. The normalized spacial score (nSPS) is 26.7. The standard InChI is InChI=1S/C18H29N3O5/c1-3-5-6-13(15(23)24)19-14(22)11-21-16(25)18(20-17(21)26)9-7-12(4-2)8-10-18/h12-13H,3-11H2,1-2H3,(H,19,22)(H,20,26)(H,23,24). The first kappa shape index (κ1) is 20.2. The van der Waals surface area contributed by atoms with Gasteiger partial charge in [-0.3, -0.25) is 14.5 Å². The monoisotopic (exact) mass is 367 g/mol. The summed E-state index contributed by atoms with van der Waals surface area (Å²) in [5.41, 5.74) is -0.891. The molecule has 8 heteroatoms. The molecule has 1 atom stereocenters. The second-order valence-corrected chi connectivity index (χ2v) is 7.36. The van der Waals surface area contributed by atoms with E-state index < -0.39 is 36.0 Å². The van der Waals surface area contributed by atoms with Crippen molar-refractivity contribution >= 4 is 23.8 Å². The van der Waals surface area contributed by atoms with Gasteiger partial charge >= 0.3 is 12.0 Å². The molecule has 0 bridgehead atoms. The zero-order valence-electron chi connectivity index (χ0n) is 15.5. The molecular formula is C18H29N3O5. The zero-order chi connectivity index (χ0) is 19.3. The summed E-state index contributed by atoms with van der Waals surface area (Å²) in [6, 6.07) is -1.57. The Morgan fingerprint density at radius 3 is 2.50 bits per heavy atom. The van der Waals surface area contributed by atoms with Gasteiger partial charge in [0.15, 0.2) is 0 Å². The highest BCUT2D eigenvalue weighted by Crippen LogP contribution is 2.37. The summed E-state index contributed by atoms with van der Waals surface area (Å²) < 4.78 is 0. The minimum Gasteiger partial charge on any atom is -0.480 e. The van der Waals surface area contributed by atoms with Crippen LogP contribution in [-0.2, 0) is 14.4 Å². The van der Waals surface area contributed by atoms with Gasteiger partial charge in [-0.1, -0.05) is 33.1 Å². The first-order valence-electron chi connectivity index (χ1n) is 9.49. The molecule has 1 saturated carbocycles. The van der Waals surface area contributed by atoms with Crippen molar-refractivity contribution in [3.63, 3.8) is 0 Å². The van der Waals surface area contributed by atoms with E-state index in [4.69, 9.17) is 0 Å². The van der Waals surface area contributed by atoms with Crippen LogP contribution in [0.15, 0.2) is 0 Å². The van der Waals surface area contributed by atoms with Crippen molar-refractivity contribution in [2.24, 2.45) is 5.92 Å². The molecule has 1 spiro atoms. The predicted octanol–water partition coefficient (Wildman–Crippen LogP) is 1.64. The topological polar surface area (TPSA) is 116 Å². The fourth-order valence-corrected chi connectivity index (χ4v) is 3.79. The maximum Gasteiger partial charge on any atom is 0.326 e. The van der Waals surface area contributed by atoms with E-state index in [2.05, 4.69) is 17.6 Å². The molecule has 1 aliphatic heterocycles. The molecule has 26 heavy (non-hydrogen) atoms. The number of nitrogens with one attached hydrogen (secondary N) is 2. The second kappa shape index (κ2) is 8.51. The first-order valence-corrected chi connectivity index (χ1v) is 9.49. The van der Waals surface area contributed by atoms with Crippen molar-refractivity contribution in [1.82, 2.24) is 15.5 Å². The SMILES string of the molecule is CCCCC(NC(=O)CN1C(=O)NC2(CCC(CC)CC2)C1=O)C(=O)O. The van der Waals surface area contributed by atoms with Crippen molar-refractivity contribution in [2.75, 3.05) is 6.54 Å². The Kier molecular flexibility index (Phi) is 6.61. The van der Waals surface area contributed by atoms with Gasteiger partial charge in [0, 0.05) is 0 Å². The van der Waals surface area contributed by atoms with E-state index in [1.54, 1.807) is 0 Å². The third-order valence-corrected chi connectivity index (χ3v) is 5.56. The highest BCUT2D eigenvalue weighted by molar-refractivity contribution is 6.09. The molecule has 0 aromatic carbocycles. The number of imide groups is 1. The van der Waals surface area contributed by atoms with Crippen LogP contribution in [0.5, 0.6) is 0 Å². The van der Waals surface area contributed by atoms with Crippen molar-refractivity contribution in [3.8, 4) is 0 Å². The van der Waals surface area contributed by atoms with Crippen LogP contribution < -0.4 is 10.6 Å². The molecule has 1 saturated heterocycles. The van der Waals surface area contributed by atoms with Crippen molar-refractivity contribution < 1.29 is 24.3 Å². The number of rotatable bonds is 8. The van der Waals surface area contributed by atoms with Crippen LogP contribution in [0.1, 0.15) is 65.2 Å². The van der Waals surface area contributed by atoms with E-state index >= 15 is 0 Å². The lowest BCUT2D eigenvalue weighted by Crippen LogP contribution is -2.50. The summed E-state index contributed by atoms with van der Waals surface area (Å²) in [6.07, 6.45) is 5.78. The van der Waals surface area contributed by atoms with E-state index in [1.165, 1.54) is 0 Å². The van der Waals surface area contributed by atoms with Crippen LogP contribution >= 0.6 is 0 Å². The van der Waals surface area contributed by atoms with E-state index in [9.17, 15) is 24.3 Å². The number of nitrogens with zero attached hydrogens (tertiary/aromatic N) is 1. The number of carbonyl (C=O) groups excluding carboxylic acids is 3. The third kappa shape index (κ3) is 4.34. The first-order chi connectivity index (χ1) is 12.3. The third-order valence-electron chi connectivity index (χ3n) is 5.56. The van der Waals surface area contributed by atoms with Crippen LogP contribution in [0, 0.1) is 5.92 Å². The van der Waals surface area contributed by atoms with Crippen LogP contribution in [0.3, 0.4) is 0 Å². The summed E-state index contributed by atoms with van der Waals surface area (Å²) in [5.74, 6) is -1.54. The maximum atomic E-state index is 12.8. The van der Waals surface area contributed by atoms with Gasteiger partial charge in [-0.15, -0.1) is 0 Å². The summed E-state index contributed by atoms with van der Waals surface area (Å²) >= 11 is 0. The Hall–Kier alpha value is -2.12. The van der Waals surface area contributed by atoms with Gasteiger partial charge in [0.25, 0.3) is 5.91 Å². The molecule has 1 unspecified atom stereocenters. The molecule has 2 rings (SSSR count). The number of aliphatic carboxylic acids is 1. The molecule has 8 nitrogen and oxygen atoms in total. The molecule has 4 amide bonds. The number of carboxylic acid groups (broad SMARTS) is 1. The van der Waals surface area contributed by atoms with E-state index in [0.717, 1.165) is 30.6 Å². The Morgan fingerprint density at radius 1 is 1.31 bits per heavy atom. The number of hydrogen-bond acceptors (Lipinski definition) is 4. The van der Waals surface area contributed by atoms with E-state index in [0.29, 0.717) is 31.6 Å². The van der Waals surface area contributed by atoms with Gasteiger partial charge in [-0.25, -0.2) is 9.59 Å². The van der Waals surface area contributed by atoms with Crippen LogP contribution in [0.25, 0.3) is 0 Å². The van der Waals surface area contributed by atoms with Gasteiger partial charge in [0.2, 0.25) is 5.91 Å². The number of hydrogen-bond donors (Lipinski definition) is 3. The quantitative estimate of drug-likeness (QED) is 0.564. The minimum atomic E-state index is -1.11. The molecule has 0 aromatic heterocycles. The largest absolute Gasteiger partial charge is 0.480 e. The van der Waals surface area contributed by atoms with E-state index in [-0.39, 0.29) is 5.91 Å². The van der Waals surface area contributed by atoms with Crippen LogP contribution in [0.2, 0.25) is 0 Å². The Morgan fingerprint density at radius 2 is 1.96 bits per heavy atom. The van der Waals surface area contributed by atoms with E-state index in [1.807, 2.05) is 6.92 Å². The Labute approximate surface area is 153 Å². The number of amides is 4. The van der Waals surface area contributed by atoms with Gasteiger partial charge in [0.05, 0.1) is 0 Å².